The first kappa shape index (κ1) is 47.1. The second kappa shape index (κ2) is 23.2. The fourth-order valence-electron chi connectivity index (χ4n) is 6.43. The molecular weight excluding hydrogens is 791 g/mol. The van der Waals surface area contributed by atoms with Crippen LogP contribution >= 0.6 is 36.6 Å². The number of hydrogen-bond acceptors (Lipinski definition) is 11. The minimum Gasteiger partial charge on any atom is -0.363 e. The van der Waals surface area contributed by atoms with E-state index in [0.717, 1.165) is 30.6 Å². The normalized spacial score (nSPS) is 17.5. The zero-order valence-corrected chi connectivity index (χ0v) is 35.4. The van der Waals surface area contributed by atoms with Crippen molar-refractivity contribution in [2.75, 3.05) is 40.3 Å². The maximum atomic E-state index is 14.2. The van der Waals surface area contributed by atoms with E-state index in [1.165, 1.54) is 11.8 Å². The van der Waals surface area contributed by atoms with Crippen molar-refractivity contribution in [1.82, 2.24) is 51.3 Å². The average molecular weight is 846 g/mol. The molecule has 3 aromatic rings. The van der Waals surface area contributed by atoms with Crippen LogP contribution in [0.5, 0.6) is 0 Å². The number of nitrogens with one attached hydrogen (secondary N) is 4. The predicted molar refractivity (Wildman–Crippen MR) is 222 cm³/mol. The SMILES string of the molecule is CN[C@@H](C)C(=O)N[C@H](C(=O)N1CCC[C@H]1Cn1nnnc1Sc1ccccc1)[C@@H](C)OCC#Cc1ccc([C@@H](NC(=O)[C@@H](C)NC)C(=O)N2CCCC2)cc1.Cl.Cl. The van der Waals surface area contributed by atoms with Gasteiger partial charge in [-0.1, -0.05) is 42.2 Å². The molecule has 15 nitrogen and oxygen atoms in total. The zero-order chi connectivity index (χ0) is 39.3. The molecule has 3 heterocycles. The van der Waals surface area contributed by atoms with Crippen LogP contribution in [0.25, 0.3) is 0 Å². The van der Waals surface area contributed by atoms with Gasteiger partial charge in [-0.3, -0.25) is 19.2 Å². The number of tetrazole rings is 1. The lowest BCUT2D eigenvalue weighted by Crippen LogP contribution is -2.58. The average Bonchev–Trinajstić information content (AvgIpc) is 4.01. The van der Waals surface area contributed by atoms with Crippen LogP contribution < -0.4 is 21.3 Å². The molecule has 5 rings (SSSR count). The molecule has 0 spiro atoms. The van der Waals surface area contributed by atoms with Crippen LogP contribution in [-0.4, -0.2) is 124 Å². The monoisotopic (exact) mass is 844 g/mol. The first-order valence-electron chi connectivity index (χ1n) is 18.8. The first-order valence-corrected chi connectivity index (χ1v) is 19.6. The van der Waals surface area contributed by atoms with E-state index in [4.69, 9.17) is 4.74 Å². The summed E-state index contributed by atoms with van der Waals surface area (Å²) in [7, 11) is 3.38. The largest absolute Gasteiger partial charge is 0.363 e. The van der Waals surface area contributed by atoms with Crippen LogP contribution in [0, 0.1) is 11.8 Å². The summed E-state index contributed by atoms with van der Waals surface area (Å²) >= 11 is 1.45. The Kier molecular flexibility index (Phi) is 19.2. The summed E-state index contributed by atoms with van der Waals surface area (Å²) in [6.45, 7) is 7.52. The summed E-state index contributed by atoms with van der Waals surface area (Å²) in [6.07, 6.45) is 2.77. The summed E-state index contributed by atoms with van der Waals surface area (Å²) in [5.41, 5.74) is 1.36. The molecule has 310 valence electrons. The number of carbonyl (C=O) groups excluding carboxylic acids is 4. The molecule has 0 unspecified atom stereocenters. The number of likely N-dealkylation sites (tertiary alicyclic amines) is 2. The first-order chi connectivity index (χ1) is 26.6. The molecule has 2 saturated heterocycles. The summed E-state index contributed by atoms with van der Waals surface area (Å²) in [5.74, 6) is 5.15. The predicted octanol–water partition coefficient (Wildman–Crippen LogP) is 2.60. The summed E-state index contributed by atoms with van der Waals surface area (Å²) < 4.78 is 7.79. The number of ether oxygens (including phenoxy) is 1. The van der Waals surface area contributed by atoms with Crippen molar-refractivity contribution < 1.29 is 23.9 Å². The number of amides is 4. The molecule has 57 heavy (non-hydrogen) atoms. The molecule has 0 aliphatic carbocycles. The third kappa shape index (κ3) is 12.9. The van der Waals surface area contributed by atoms with Gasteiger partial charge >= 0.3 is 0 Å². The Hall–Kier alpha value is -4.24. The van der Waals surface area contributed by atoms with Crippen molar-refractivity contribution in [3.05, 3.63) is 65.7 Å². The molecule has 0 radical (unpaired) electrons. The number of halogens is 2. The standard InChI is InChI=1S/C39H52N10O5S.2ClH/c1-26(40-4)35(50)42-33(38(53)48-23-11-14-31(48)25-49-39(44-45-46-49)55-32-15-7-6-8-16-32)28(3)54-24-12-13-29-17-19-30(20-18-29)34(43-36(51)27(2)41-5)37(52)47-21-9-10-22-47;;/h6-8,15-20,26-28,31,33-34,40-41H,9-11,14,21-25H2,1-5H3,(H,42,50)(H,43,51);2*1H/t26-,27+,28+,31-,33-,34+;;/m0../s1. The van der Waals surface area contributed by atoms with Gasteiger partial charge in [0.05, 0.1) is 30.8 Å². The smallest absolute Gasteiger partial charge is 0.249 e. The highest BCUT2D eigenvalue weighted by Gasteiger charge is 2.38. The van der Waals surface area contributed by atoms with Gasteiger partial charge in [0.1, 0.15) is 18.7 Å². The molecule has 2 aromatic carbocycles. The van der Waals surface area contributed by atoms with Crippen molar-refractivity contribution in [2.24, 2.45) is 0 Å². The Morgan fingerprint density at radius 2 is 1.51 bits per heavy atom. The number of carbonyl (C=O) groups is 4. The van der Waals surface area contributed by atoms with E-state index in [-0.39, 0.29) is 61.1 Å². The van der Waals surface area contributed by atoms with Gasteiger partial charge in [0.2, 0.25) is 28.8 Å². The molecule has 2 fully saturated rings. The van der Waals surface area contributed by atoms with E-state index >= 15 is 0 Å². The summed E-state index contributed by atoms with van der Waals surface area (Å²) in [6, 6.07) is 14.1. The second-order valence-electron chi connectivity index (χ2n) is 13.8. The van der Waals surface area contributed by atoms with E-state index in [9.17, 15) is 19.2 Å². The Morgan fingerprint density at radius 1 is 0.860 bits per heavy atom. The quantitative estimate of drug-likeness (QED) is 0.156. The number of rotatable bonds is 16. The lowest BCUT2D eigenvalue weighted by Gasteiger charge is -2.32. The van der Waals surface area contributed by atoms with Crippen molar-refractivity contribution in [2.45, 2.75) is 99.4 Å². The lowest BCUT2D eigenvalue weighted by molar-refractivity contribution is -0.141. The molecule has 2 aliphatic rings. The fraction of sp³-hybridized carbons (Fsp3) is 0.513. The van der Waals surface area contributed by atoms with Gasteiger partial charge in [-0.2, -0.15) is 0 Å². The molecule has 1 aromatic heterocycles. The summed E-state index contributed by atoms with van der Waals surface area (Å²) in [4.78, 5) is 58.0. The number of benzene rings is 2. The molecular formula is C39H54Cl2N10O5S. The Balaban J connectivity index is 0.00000435. The molecule has 2 aliphatic heterocycles. The highest BCUT2D eigenvalue weighted by atomic mass is 35.5. The Morgan fingerprint density at radius 3 is 2.16 bits per heavy atom. The molecule has 0 bridgehead atoms. The van der Waals surface area contributed by atoms with E-state index in [2.05, 4.69) is 48.6 Å². The fourth-order valence-corrected chi connectivity index (χ4v) is 7.23. The van der Waals surface area contributed by atoms with Crippen LogP contribution in [0.1, 0.15) is 63.6 Å². The number of hydrogen-bond donors (Lipinski definition) is 4. The molecule has 6 atom stereocenters. The summed E-state index contributed by atoms with van der Waals surface area (Å²) in [5, 5.41) is 24.6. The van der Waals surface area contributed by atoms with Gasteiger partial charge in [0, 0.05) is 30.1 Å². The maximum absolute atomic E-state index is 14.2. The van der Waals surface area contributed by atoms with Gasteiger partial charge in [0.25, 0.3) is 0 Å². The Bertz CT molecular complexity index is 1820. The minimum absolute atomic E-state index is 0. The number of nitrogens with zero attached hydrogens (tertiary/aromatic N) is 6. The van der Waals surface area contributed by atoms with E-state index in [1.54, 1.807) is 73.6 Å². The van der Waals surface area contributed by atoms with Gasteiger partial charge in [-0.05, 0) is 113 Å². The Labute approximate surface area is 351 Å². The zero-order valence-electron chi connectivity index (χ0n) is 33.0. The second-order valence-corrected chi connectivity index (χ2v) is 14.8. The van der Waals surface area contributed by atoms with Gasteiger partial charge < -0.3 is 35.8 Å². The number of likely N-dealkylation sites (N-methyl/N-ethyl adjacent to an activating group) is 2. The molecule has 0 saturated carbocycles. The van der Waals surface area contributed by atoms with Crippen LogP contribution in [0.4, 0.5) is 0 Å². The van der Waals surface area contributed by atoms with Crippen molar-refractivity contribution in [3.63, 3.8) is 0 Å². The topological polar surface area (TPSA) is 176 Å². The molecule has 4 amide bonds. The number of aromatic nitrogens is 4. The van der Waals surface area contributed by atoms with E-state index < -0.39 is 30.3 Å². The molecule has 4 N–H and O–H groups in total. The third-order valence-corrected chi connectivity index (χ3v) is 11.0. The van der Waals surface area contributed by atoms with E-state index in [0.29, 0.717) is 42.5 Å². The van der Waals surface area contributed by atoms with E-state index in [1.807, 2.05) is 30.3 Å². The van der Waals surface area contributed by atoms with Crippen LogP contribution in [0.15, 0.2) is 64.6 Å². The van der Waals surface area contributed by atoms with Crippen LogP contribution in [-0.2, 0) is 30.5 Å². The van der Waals surface area contributed by atoms with Gasteiger partial charge in [-0.25, -0.2) is 4.68 Å². The highest BCUT2D eigenvalue weighted by Crippen LogP contribution is 2.27. The highest BCUT2D eigenvalue weighted by molar-refractivity contribution is 7.99. The van der Waals surface area contributed by atoms with Crippen molar-refractivity contribution in [3.8, 4) is 11.8 Å². The van der Waals surface area contributed by atoms with Gasteiger partial charge in [-0.15, -0.1) is 29.9 Å². The lowest BCUT2D eigenvalue weighted by atomic mass is 10.0. The van der Waals surface area contributed by atoms with Crippen LogP contribution in [0.3, 0.4) is 0 Å². The molecule has 18 heteroatoms. The third-order valence-electron chi connectivity index (χ3n) is 10.0. The van der Waals surface area contributed by atoms with Crippen molar-refractivity contribution >= 4 is 60.2 Å². The van der Waals surface area contributed by atoms with Crippen LogP contribution in [0.2, 0.25) is 0 Å². The van der Waals surface area contributed by atoms with Gasteiger partial charge in [0.15, 0.2) is 0 Å². The minimum atomic E-state index is -0.956. The maximum Gasteiger partial charge on any atom is 0.249 e. The van der Waals surface area contributed by atoms with Crippen molar-refractivity contribution in [1.29, 1.82) is 0 Å².